The Morgan fingerprint density at radius 3 is 2.41 bits per heavy atom. The second-order valence-corrected chi connectivity index (χ2v) is 9.71. The Balaban J connectivity index is 1.57. The molecular formula is C29H28F3N3O3S. The summed E-state index contributed by atoms with van der Waals surface area (Å²) in [5, 5.41) is 5.47. The third-order valence-corrected chi connectivity index (χ3v) is 6.70. The number of halogens is 3. The van der Waals surface area contributed by atoms with Crippen molar-refractivity contribution in [2.75, 3.05) is 25.2 Å². The van der Waals surface area contributed by atoms with Crippen LogP contribution in [0.1, 0.15) is 27.0 Å². The minimum Gasteiger partial charge on any atom is -0.406 e. The minimum absolute atomic E-state index is 0.195. The highest BCUT2D eigenvalue weighted by Crippen LogP contribution is 2.31. The number of nitrogens with zero attached hydrogens (tertiary/aromatic N) is 2. The largest absolute Gasteiger partial charge is 0.573 e. The molecule has 0 saturated carbocycles. The van der Waals surface area contributed by atoms with Gasteiger partial charge in [0.05, 0.1) is 12.3 Å². The molecule has 6 nitrogen and oxygen atoms in total. The first-order chi connectivity index (χ1) is 18.7. The van der Waals surface area contributed by atoms with E-state index in [4.69, 9.17) is 9.72 Å². The van der Waals surface area contributed by atoms with Crippen LogP contribution in [0.4, 0.5) is 18.3 Å². The van der Waals surface area contributed by atoms with Crippen molar-refractivity contribution in [3.63, 3.8) is 0 Å². The van der Waals surface area contributed by atoms with Crippen molar-refractivity contribution in [1.29, 1.82) is 0 Å². The lowest BCUT2D eigenvalue weighted by atomic mass is 10.1. The topological polar surface area (TPSA) is 63.7 Å². The van der Waals surface area contributed by atoms with Crippen LogP contribution in [0.2, 0.25) is 0 Å². The molecule has 1 aromatic heterocycles. The highest BCUT2D eigenvalue weighted by molar-refractivity contribution is 7.14. The van der Waals surface area contributed by atoms with Crippen LogP contribution in [0.25, 0.3) is 11.3 Å². The predicted octanol–water partition coefficient (Wildman–Crippen LogP) is 6.60. The summed E-state index contributed by atoms with van der Waals surface area (Å²) in [5.41, 5.74) is 5.02. The predicted molar refractivity (Wildman–Crippen MR) is 146 cm³/mol. The number of aryl methyl sites for hydroxylation is 1. The van der Waals surface area contributed by atoms with Gasteiger partial charge < -0.3 is 19.7 Å². The van der Waals surface area contributed by atoms with Crippen molar-refractivity contribution < 1.29 is 27.4 Å². The number of hydrogen-bond donors (Lipinski definition) is 1. The first kappa shape index (κ1) is 28.1. The van der Waals surface area contributed by atoms with Crippen molar-refractivity contribution in [3.05, 3.63) is 100 Å². The molecule has 0 radical (unpaired) electrons. The average molecular weight is 556 g/mol. The molecule has 39 heavy (non-hydrogen) atoms. The molecule has 0 aliphatic carbocycles. The average Bonchev–Trinajstić information content (AvgIpc) is 3.39. The van der Waals surface area contributed by atoms with Gasteiger partial charge in [-0.2, -0.15) is 0 Å². The van der Waals surface area contributed by atoms with Crippen LogP contribution >= 0.6 is 11.3 Å². The van der Waals surface area contributed by atoms with Gasteiger partial charge in [-0.15, -0.1) is 24.5 Å². The van der Waals surface area contributed by atoms with Crippen molar-refractivity contribution in [2.45, 2.75) is 26.4 Å². The van der Waals surface area contributed by atoms with Crippen LogP contribution in [-0.4, -0.2) is 37.5 Å². The molecule has 1 amide bonds. The van der Waals surface area contributed by atoms with E-state index < -0.39 is 6.36 Å². The summed E-state index contributed by atoms with van der Waals surface area (Å²) in [5.74, 6) is -0.470. The van der Waals surface area contributed by atoms with Crippen molar-refractivity contribution >= 4 is 22.4 Å². The van der Waals surface area contributed by atoms with Gasteiger partial charge in [0.15, 0.2) is 5.13 Å². The minimum atomic E-state index is -4.77. The van der Waals surface area contributed by atoms with Crippen LogP contribution in [-0.2, 0) is 17.8 Å². The number of aromatic nitrogens is 1. The quantitative estimate of drug-likeness (QED) is 0.211. The van der Waals surface area contributed by atoms with Gasteiger partial charge in [0, 0.05) is 43.3 Å². The van der Waals surface area contributed by atoms with Crippen LogP contribution in [0.3, 0.4) is 0 Å². The van der Waals surface area contributed by atoms with E-state index in [9.17, 15) is 18.0 Å². The third kappa shape index (κ3) is 8.30. The molecule has 0 atom stereocenters. The van der Waals surface area contributed by atoms with Crippen molar-refractivity contribution in [1.82, 2.24) is 10.3 Å². The van der Waals surface area contributed by atoms with Gasteiger partial charge in [0.25, 0.3) is 5.91 Å². The Kier molecular flexibility index (Phi) is 9.21. The number of amides is 1. The number of carbonyl (C=O) groups is 1. The number of carbonyl (C=O) groups excluding carboxylic acids is 1. The second kappa shape index (κ2) is 12.8. The van der Waals surface area contributed by atoms with Crippen LogP contribution in [0.15, 0.2) is 78.2 Å². The van der Waals surface area contributed by atoms with E-state index in [-0.39, 0.29) is 11.7 Å². The number of alkyl halides is 3. The van der Waals surface area contributed by atoms with Crippen molar-refractivity contribution in [2.24, 2.45) is 0 Å². The maximum atomic E-state index is 12.8. The van der Waals surface area contributed by atoms with E-state index >= 15 is 0 Å². The fourth-order valence-corrected chi connectivity index (χ4v) is 4.70. The van der Waals surface area contributed by atoms with E-state index in [1.165, 1.54) is 29.5 Å². The van der Waals surface area contributed by atoms with Gasteiger partial charge in [-0.3, -0.25) is 4.79 Å². The number of nitrogens with one attached hydrogen (secondary N) is 1. The Labute approximate surface area is 229 Å². The number of rotatable bonds is 11. The number of anilines is 1. The molecule has 1 heterocycles. The number of benzene rings is 3. The number of ether oxygens (including phenoxy) is 2. The molecule has 3 aromatic carbocycles. The first-order valence-corrected chi connectivity index (χ1v) is 13.1. The standard InChI is InChI=1S/C29H28F3N3O3S/c1-20-6-10-23(11-7-20)26-19-39-28(34-26)35(18-22-4-3-5-25(16-22)38-29(30,31)32)17-21-8-12-24(13-9-21)27(36)33-14-15-37-2/h3-13,16,19H,14-15,17-18H2,1-2H3,(H,33,36). The normalized spacial score (nSPS) is 11.3. The molecule has 0 bridgehead atoms. The highest BCUT2D eigenvalue weighted by atomic mass is 32.1. The summed E-state index contributed by atoms with van der Waals surface area (Å²) in [6, 6.07) is 21.2. The monoisotopic (exact) mass is 555 g/mol. The number of thiazole rings is 1. The SMILES string of the molecule is COCCNC(=O)c1ccc(CN(Cc2cccc(OC(F)(F)F)c2)c2nc(-c3ccc(C)cc3)cs2)cc1. The van der Waals surface area contributed by atoms with Gasteiger partial charge in [-0.05, 0) is 42.3 Å². The molecular weight excluding hydrogens is 527 g/mol. The van der Waals surface area contributed by atoms with E-state index in [1.807, 2.05) is 53.6 Å². The Hall–Kier alpha value is -3.89. The van der Waals surface area contributed by atoms with E-state index in [0.29, 0.717) is 42.5 Å². The van der Waals surface area contributed by atoms with E-state index in [0.717, 1.165) is 22.4 Å². The van der Waals surface area contributed by atoms with E-state index in [1.54, 1.807) is 25.3 Å². The number of methoxy groups -OCH3 is 1. The fraction of sp³-hybridized carbons (Fsp3) is 0.241. The van der Waals surface area contributed by atoms with E-state index in [2.05, 4.69) is 10.1 Å². The van der Waals surface area contributed by atoms with Crippen LogP contribution < -0.4 is 15.0 Å². The molecule has 0 aliphatic rings. The summed E-state index contributed by atoms with van der Waals surface area (Å²) in [6.45, 7) is 3.58. The Bertz CT molecular complexity index is 1370. The zero-order valence-corrected chi connectivity index (χ0v) is 22.3. The number of hydrogen-bond acceptors (Lipinski definition) is 6. The summed E-state index contributed by atoms with van der Waals surface area (Å²) in [6.07, 6.45) is -4.77. The molecule has 0 unspecified atom stereocenters. The lowest BCUT2D eigenvalue weighted by Crippen LogP contribution is -2.27. The van der Waals surface area contributed by atoms with Crippen molar-refractivity contribution in [3.8, 4) is 17.0 Å². The molecule has 0 saturated heterocycles. The van der Waals surface area contributed by atoms with Gasteiger partial charge >= 0.3 is 6.36 Å². The first-order valence-electron chi connectivity index (χ1n) is 12.2. The molecule has 204 valence electrons. The van der Waals surface area contributed by atoms with Gasteiger partial charge in [0.1, 0.15) is 5.75 Å². The lowest BCUT2D eigenvalue weighted by molar-refractivity contribution is -0.274. The highest BCUT2D eigenvalue weighted by Gasteiger charge is 2.31. The van der Waals surface area contributed by atoms with Gasteiger partial charge in [-0.25, -0.2) is 4.98 Å². The van der Waals surface area contributed by atoms with Gasteiger partial charge in [-0.1, -0.05) is 54.1 Å². The maximum absolute atomic E-state index is 12.8. The van der Waals surface area contributed by atoms with Gasteiger partial charge in [0.2, 0.25) is 0 Å². The molecule has 10 heteroatoms. The second-order valence-electron chi connectivity index (χ2n) is 8.88. The van der Waals surface area contributed by atoms with Crippen LogP contribution in [0, 0.1) is 6.92 Å². The summed E-state index contributed by atoms with van der Waals surface area (Å²) < 4.78 is 47.4. The smallest absolute Gasteiger partial charge is 0.406 e. The summed E-state index contributed by atoms with van der Waals surface area (Å²) >= 11 is 1.46. The Morgan fingerprint density at radius 2 is 1.72 bits per heavy atom. The fourth-order valence-electron chi connectivity index (χ4n) is 3.87. The summed E-state index contributed by atoms with van der Waals surface area (Å²) in [4.78, 5) is 19.1. The third-order valence-electron chi connectivity index (χ3n) is 5.80. The molecule has 0 aliphatic heterocycles. The molecule has 4 rings (SSSR count). The summed E-state index contributed by atoms with van der Waals surface area (Å²) in [7, 11) is 1.57. The molecule has 0 spiro atoms. The molecule has 4 aromatic rings. The molecule has 1 N–H and O–H groups in total. The molecule has 0 fully saturated rings. The maximum Gasteiger partial charge on any atom is 0.573 e. The zero-order chi connectivity index (χ0) is 27.8. The van der Waals surface area contributed by atoms with Crippen LogP contribution in [0.5, 0.6) is 5.75 Å². The Morgan fingerprint density at radius 1 is 1.00 bits per heavy atom. The zero-order valence-electron chi connectivity index (χ0n) is 21.5. The lowest BCUT2D eigenvalue weighted by Gasteiger charge is -2.23.